The molecule has 0 bridgehead atoms. The first-order valence-corrected chi connectivity index (χ1v) is 14.1. The Morgan fingerprint density at radius 3 is 2.58 bits per heavy atom. The molecule has 1 saturated heterocycles. The first-order valence-electron chi connectivity index (χ1n) is 12.3. The third kappa shape index (κ3) is 4.50. The highest BCUT2D eigenvalue weighted by molar-refractivity contribution is 14.1. The van der Waals surface area contributed by atoms with E-state index in [1.165, 1.54) is 5.56 Å². The normalized spacial score (nSPS) is 21.7. The molecule has 38 heavy (non-hydrogen) atoms. The van der Waals surface area contributed by atoms with E-state index in [1.807, 2.05) is 48.5 Å². The van der Waals surface area contributed by atoms with Crippen LogP contribution in [0.15, 0.2) is 89.9 Å². The van der Waals surface area contributed by atoms with Gasteiger partial charge in [-0.3, -0.25) is 4.99 Å². The molecule has 1 fully saturated rings. The lowest BCUT2D eigenvalue weighted by molar-refractivity contribution is 0.265. The van der Waals surface area contributed by atoms with Crippen molar-refractivity contribution in [2.24, 2.45) is 4.99 Å². The highest BCUT2D eigenvalue weighted by Crippen LogP contribution is 2.57. The van der Waals surface area contributed by atoms with Crippen molar-refractivity contribution < 1.29 is 4.74 Å². The van der Waals surface area contributed by atoms with Crippen molar-refractivity contribution in [1.82, 2.24) is 5.32 Å². The molecule has 188 valence electrons. The number of hydrogen-bond acceptors (Lipinski definition) is 4. The molecule has 4 aromatic rings. The number of benzene rings is 4. The fraction of sp³-hybridized carbons (Fsp3) is 0.161. The summed E-state index contributed by atoms with van der Waals surface area (Å²) in [5, 5.41) is 14.4. The van der Waals surface area contributed by atoms with Crippen LogP contribution in [-0.2, 0) is 5.41 Å². The lowest BCUT2D eigenvalue weighted by atomic mass is 9.60. The van der Waals surface area contributed by atoms with Crippen molar-refractivity contribution in [1.29, 1.82) is 5.26 Å². The minimum absolute atomic E-state index is 0.124. The van der Waals surface area contributed by atoms with E-state index in [9.17, 15) is 5.26 Å². The van der Waals surface area contributed by atoms with Gasteiger partial charge in [0.1, 0.15) is 11.5 Å². The topological polar surface area (TPSA) is 57.4 Å². The number of fused-ring (bicyclic) bond motifs is 2. The van der Waals surface area contributed by atoms with Gasteiger partial charge in [0.05, 0.1) is 28.8 Å². The van der Waals surface area contributed by atoms with Gasteiger partial charge in [0.2, 0.25) is 0 Å². The van der Waals surface area contributed by atoms with Gasteiger partial charge < -0.3 is 10.1 Å². The van der Waals surface area contributed by atoms with Gasteiger partial charge in [0.15, 0.2) is 0 Å². The maximum absolute atomic E-state index is 9.19. The van der Waals surface area contributed by atoms with Crippen molar-refractivity contribution in [2.75, 3.05) is 6.54 Å². The second-order valence-electron chi connectivity index (χ2n) is 9.56. The minimum atomic E-state index is -0.490. The predicted molar refractivity (Wildman–Crippen MR) is 161 cm³/mol. The van der Waals surface area contributed by atoms with Crippen molar-refractivity contribution in [3.63, 3.8) is 0 Å². The summed E-state index contributed by atoms with van der Waals surface area (Å²) in [6.07, 6.45) is 3.02. The molecule has 2 aliphatic heterocycles. The standard InChI is InChI=1S/C31H22Cl2IN3O/c32-21-3-1-2-20(14-21)26-12-13-36-30(31(26)18-37-28-15-22(33)6-10-27(28)31)25-16-23(34)7-11-29(25)38-24-8-4-19(17-35)5-9-24/h1-11,14-16,18,26,30,36H,12-13H2/t26-,30-,31-/m1/s1. The Morgan fingerprint density at radius 2 is 1.79 bits per heavy atom. The summed E-state index contributed by atoms with van der Waals surface area (Å²) in [6.45, 7) is 0.822. The molecule has 2 heterocycles. The third-order valence-corrected chi connectivity index (χ3v) is 8.57. The van der Waals surface area contributed by atoms with Crippen LogP contribution in [0.2, 0.25) is 10.0 Å². The Hall–Kier alpha value is -2.89. The molecule has 0 aliphatic carbocycles. The smallest absolute Gasteiger partial charge is 0.132 e. The fourth-order valence-corrected chi connectivity index (χ4v) is 6.69. The summed E-state index contributed by atoms with van der Waals surface area (Å²) in [4.78, 5) is 4.91. The van der Waals surface area contributed by atoms with Gasteiger partial charge in [-0.15, -0.1) is 0 Å². The van der Waals surface area contributed by atoms with E-state index in [0.717, 1.165) is 44.1 Å². The van der Waals surface area contributed by atoms with Crippen LogP contribution in [0.3, 0.4) is 0 Å². The predicted octanol–water partition coefficient (Wildman–Crippen LogP) is 8.73. The molecule has 0 saturated carbocycles. The van der Waals surface area contributed by atoms with E-state index in [-0.39, 0.29) is 12.0 Å². The molecule has 4 nitrogen and oxygen atoms in total. The molecule has 7 heteroatoms. The lowest BCUT2D eigenvalue weighted by Gasteiger charge is -2.47. The summed E-state index contributed by atoms with van der Waals surface area (Å²) in [6, 6.07) is 29.6. The Morgan fingerprint density at radius 1 is 0.974 bits per heavy atom. The van der Waals surface area contributed by atoms with E-state index in [0.29, 0.717) is 16.3 Å². The second-order valence-corrected chi connectivity index (χ2v) is 11.7. The summed E-state index contributed by atoms with van der Waals surface area (Å²) < 4.78 is 7.56. The lowest BCUT2D eigenvalue weighted by Crippen LogP contribution is -2.51. The second kappa shape index (κ2) is 10.3. The number of aliphatic imine (C=N–C) groups is 1. The zero-order valence-corrected chi connectivity index (χ0v) is 23.8. The Kier molecular flexibility index (Phi) is 6.92. The van der Waals surface area contributed by atoms with Gasteiger partial charge in [-0.25, -0.2) is 0 Å². The molecular formula is C31H22Cl2IN3O. The maximum atomic E-state index is 9.19. The molecule has 1 N–H and O–H groups in total. The van der Waals surface area contributed by atoms with E-state index in [1.54, 1.807) is 12.1 Å². The fourth-order valence-electron chi connectivity index (χ4n) is 5.81. The average molecular weight is 650 g/mol. The molecule has 2 aliphatic rings. The molecular weight excluding hydrogens is 628 g/mol. The summed E-state index contributed by atoms with van der Waals surface area (Å²) >= 11 is 15.2. The maximum Gasteiger partial charge on any atom is 0.132 e. The monoisotopic (exact) mass is 649 g/mol. The van der Waals surface area contributed by atoms with Gasteiger partial charge in [0, 0.05) is 31.3 Å². The van der Waals surface area contributed by atoms with E-state index >= 15 is 0 Å². The molecule has 1 spiro atoms. The number of rotatable bonds is 4. The minimum Gasteiger partial charge on any atom is -0.457 e. The number of nitriles is 1. The molecule has 0 unspecified atom stereocenters. The van der Waals surface area contributed by atoms with E-state index in [4.69, 9.17) is 32.9 Å². The largest absolute Gasteiger partial charge is 0.457 e. The number of halogens is 3. The number of nitrogens with zero attached hydrogens (tertiary/aromatic N) is 2. The van der Waals surface area contributed by atoms with Gasteiger partial charge in [-0.2, -0.15) is 5.26 Å². The third-order valence-electron chi connectivity index (χ3n) is 7.42. The molecule has 0 radical (unpaired) electrons. The summed E-state index contributed by atoms with van der Waals surface area (Å²) in [7, 11) is 0. The Bertz CT molecular complexity index is 1600. The van der Waals surface area contributed by atoms with Gasteiger partial charge >= 0.3 is 0 Å². The van der Waals surface area contributed by atoms with E-state index < -0.39 is 5.41 Å². The van der Waals surface area contributed by atoms with Crippen molar-refractivity contribution in [3.8, 4) is 17.6 Å². The van der Waals surface area contributed by atoms with Crippen molar-refractivity contribution in [2.45, 2.75) is 23.8 Å². The Balaban J connectivity index is 1.52. The zero-order valence-electron chi connectivity index (χ0n) is 20.2. The summed E-state index contributed by atoms with van der Waals surface area (Å²) in [5.74, 6) is 1.56. The molecule has 4 aromatic carbocycles. The molecule has 0 aromatic heterocycles. The van der Waals surface area contributed by atoms with Crippen molar-refractivity contribution in [3.05, 3.63) is 121 Å². The van der Waals surface area contributed by atoms with Crippen LogP contribution < -0.4 is 10.1 Å². The van der Waals surface area contributed by atoms with Crippen LogP contribution in [0, 0.1) is 14.9 Å². The van der Waals surface area contributed by atoms with Gasteiger partial charge in [0.25, 0.3) is 0 Å². The van der Waals surface area contributed by atoms with Crippen LogP contribution in [0.1, 0.15) is 40.6 Å². The van der Waals surface area contributed by atoms with Crippen LogP contribution in [0.5, 0.6) is 11.5 Å². The van der Waals surface area contributed by atoms with Gasteiger partial charge in [-0.1, -0.05) is 41.4 Å². The first-order chi connectivity index (χ1) is 18.5. The summed E-state index contributed by atoms with van der Waals surface area (Å²) in [5.41, 5.74) is 4.34. The molecule has 3 atom stereocenters. The number of ether oxygens (including phenoxy) is 1. The number of piperidine rings is 1. The van der Waals surface area contributed by atoms with Crippen LogP contribution in [-0.4, -0.2) is 12.8 Å². The molecule has 6 rings (SSSR count). The zero-order chi connectivity index (χ0) is 26.3. The number of hydrogen-bond donors (Lipinski definition) is 1. The van der Waals surface area contributed by atoms with Gasteiger partial charge in [-0.05, 0) is 113 Å². The van der Waals surface area contributed by atoms with Crippen LogP contribution >= 0.6 is 45.8 Å². The highest BCUT2D eigenvalue weighted by Gasteiger charge is 2.53. The average Bonchev–Trinajstić information content (AvgIpc) is 3.28. The quantitative estimate of drug-likeness (QED) is 0.225. The highest BCUT2D eigenvalue weighted by atomic mass is 127. The Labute approximate surface area is 245 Å². The first kappa shape index (κ1) is 25.4. The van der Waals surface area contributed by atoms with Crippen LogP contribution in [0.25, 0.3) is 0 Å². The van der Waals surface area contributed by atoms with E-state index in [2.05, 4.69) is 64.5 Å². The van der Waals surface area contributed by atoms with Crippen LogP contribution in [0.4, 0.5) is 5.69 Å². The number of nitrogens with one attached hydrogen (secondary N) is 1. The van der Waals surface area contributed by atoms with Crippen molar-refractivity contribution >= 4 is 57.7 Å². The SMILES string of the molecule is N#Cc1ccc(Oc2ccc(I)cc2[C@H]2NCC[C@H](c3cccc(Cl)c3)[C@@]23C=Nc2cc(Cl)ccc23)cc1. The molecule has 0 amide bonds.